The summed E-state index contributed by atoms with van der Waals surface area (Å²) >= 11 is 0. The molecule has 0 bridgehead atoms. The van der Waals surface area contributed by atoms with Crippen LogP contribution in [0.25, 0.3) is 0 Å². The first-order valence-electron chi connectivity index (χ1n) is 6.26. The summed E-state index contributed by atoms with van der Waals surface area (Å²) < 4.78 is 26.4. The van der Waals surface area contributed by atoms with Crippen molar-refractivity contribution in [1.82, 2.24) is 10.0 Å². The van der Waals surface area contributed by atoms with Gasteiger partial charge in [-0.15, -0.1) is 0 Å². The topological polar surface area (TPSA) is 82.0 Å². The molecule has 2 N–H and O–H groups in total. The van der Waals surface area contributed by atoms with E-state index in [0.29, 0.717) is 6.54 Å². The van der Waals surface area contributed by atoms with Gasteiger partial charge in [0.1, 0.15) is 0 Å². The number of benzene rings is 1. The fourth-order valence-electron chi connectivity index (χ4n) is 1.56. The molecular formula is C13H19N3O2S. The van der Waals surface area contributed by atoms with Gasteiger partial charge in [0, 0.05) is 6.54 Å². The Balaban J connectivity index is 2.55. The first-order chi connectivity index (χ1) is 9.10. The largest absolute Gasteiger partial charge is 0.317 e. The monoisotopic (exact) mass is 281 g/mol. The standard InChI is InChI=1S/C13H19N3O2S/c1-2-15-10-3-11-16-19(17,18)13-6-4-12(5-7-13)8-9-14/h4-7,15-16H,2-3,8,10-11H2,1H3. The Hall–Kier alpha value is -1.42. The minimum atomic E-state index is -3.44. The second-order valence-corrected chi connectivity index (χ2v) is 5.85. The third-order valence-electron chi connectivity index (χ3n) is 2.59. The number of sulfonamides is 1. The van der Waals surface area contributed by atoms with Crippen LogP contribution in [0.15, 0.2) is 29.2 Å². The van der Waals surface area contributed by atoms with Crippen LogP contribution in [0.1, 0.15) is 18.9 Å². The highest BCUT2D eigenvalue weighted by molar-refractivity contribution is 7.89. The van der Waals surface area contributed by atoms with Crippen molar-refractivity contribution in [3.63, 3.8) is 0 Å². The van der Waals surface area contributed by atoms with Gasteiger partial charge in [-0.1, -0.05) is 19.1 Å². The van der Waals surface area contributed by atoms with Crippen LogP contribution < -0.4 is 10.0 Å². The molecule has 0 fully saturated rings. The molecule has 1 rings (SSSR count). The van der Waals surface area contributed by atoms with E-state index in [1.54, 1.807) is 12.1 Å². The van der Waals surface area contributed by atoms with Gasteiger partial charge < -0.3 is 5.32 Å². The molecule has 0 saturated carbocycles. The lowest BCUT2D eigenvalue weighted by molar-refractivity contribution is 0.575. The molecule has 0 radical (unpaired) electrons. The SMILES string of the molecule is CCNCCCNS(=O)(=O)c1ccc(CC#N)cc1. The zero-order valence-electron chi connectivity index (χ0n) is 11.0. The maximum atomic E-state index is 11.9. The molecule has 0 heterocycles. The first kappa shape index (κ1) is 15.6. The molecule has 19 heavy (non-hydrogen) atoms. The maximum Gasteiger partial charge on any atom is 0.240 e. The smallest absolute Gasteiger partial charge is 0.240 e. The van der Waals surface area contributed by atoms with Crippen molar-refractivity contribution >= 4 is 10.0 Å². The summed E-state index contributed by atoms with van der Waals surface area (Å²) in [5.74, 6) is 0. The van der Waals surface area contributed by atoms with Gasteiger partial charge in [-0.05, 0) is 37.2 Å². The number of rotatable bonds is 8. The highest BCUT2D eigenvalue weighted by atomic mass is 32.2. The Bertz CT molecular complexity index is 518. The molecule has 0 atom stereocenters. The second-order valence-electron chi connectivity index (χ2n) is 4.08. The Morgan fingerprint density at radius 2 is 1.89 bits per heavy atom. The van der Waals surface area contributed by atoms with Crippen LogP contribution in [0, 0.1) is 11.3 Å². The van der Waals surface area contributed by atoms with Crippen LogP contribution >= 0.6 is 0 Å². The van der Waals surface area contributed by atoms with Crippen LogP contribution in [0.2, 0.25) is 0 Å². The molecule has 0 amide bonds. The summed E-state index contributed by atoms with van der Waals surface area (Å²) in [6, 6.07) is 8.40. The van der Waals surface area contributed by atoms with E-state index < -0.39 is 10.0 Å². The lowest BCUT2D eigenvalue weighted by atomic mass is 10.2. The van der Waals surface area contributed by atoms with Crippen LogP contribution in [0.4, 0.5) is 0 Å². The van der Waals surface area contributed by atoms with Gasteiger partial charge in [-0.3, -0.25) is 0 Å². The number of hydrogen-bond acceptors (Lipinski definition) is 4. The zero-order chi connectivity index (χ0) is 14.1. The molecule has 0 aliphatic rings. The highest BCUT2D eigenvalue weighted by Crippen LogP contribution is 2.10. The summed E-state index contributed by atoms with van der Waals surface area (Å²) in [6.45, 7) is 4.09. The van der Waals surface area contributed by atoms with E-state index >= 15 is 0 Å². The van der Waals surface area contributed by atoms with Crippen LogP contribution in [0.3, 0.4) is 0 Å². The summed E-state index contributed by atoms with van der Waals surface area (Å²) in [5, 5.41) is 11.7. The lowest BCUT2D eigenvalue weighted by Crippen LogP contribution is -2.27. The van der Waals surface area contributed by atoms with Crippen LogP contribution in [0.5, 0.6) is 0 Å². The van der Waals surface area contributed by atoms with Gasteiger partial charge in [-0.2, -0.15) is 5.26 Å². The number of hydrogen-bond donors (Lipinski definition) is 2. The number of nitrogens with zero attached hydrogens (tertiary/aromatic N) is 1. The van der Waals surface area contributed by atoms with E-state index in [0.717, 1.165) is 25.1 Å². The van der Waals surface area contributed by atoms with E-state index in [-0.39, 0.29) is 11.3 Å². The van der Waals surface area contributed by atoms with E-state index in [4.69, 9.17) is 5.26 Å². The molecular weight excluding hydrogens is 262 g/mol. The van der Waals surface area contributed by atoms with Crippen LogP contribution in [-0.2, 0) is 16.4 Å². The second kappa shape index (κ2) is 7.89. The minimum absolute atomic E-state index is 0.234. The predicted octanol–water partition coefficient (Wildman–Crippen LogP) is 1.03. The molecule has 0 aromatic heterocycles. The molecule has 104 valence electrons. The molecule has 0 spiro atoms. The van der Waals surface area contributed by atoms with E-state index in [1.807, 2.05) is 13.0 Å². The molecule has 5 nitrogen and oxygen atoms in total. The summed E-state index contributed by atoms with van der Waals surface area (Å²) in [7, 11) is -3.44. The molecule has 0 aliphatic carbocycles. The fourth-order valence-corrected chi connectivity index (χ4v) is 2.63. The molecule has 6 heteroatoms. The van der Waals surface area contributed by atoms with Crippen molar-refractivity contribution in [2.45, 2.75) is 24.7 Å². The minimum Gasteiger partial charge on any atom is -0.317 e. The first-order valence-corrected chi connectivity index (χ1v) is 7.74. The van der Waals surface area contributed by atoms with Gasteiger partial charge in [0.25, 0.3) is 0 Å². The summed E-state index contributed by atoms with van der Waals surface area (Å²) in [5.41, 5.74) is 0.814. The average Bonchev–Trinajstić information content (AvgIpc) is 2.39. The zero-order valence-corrected chi connectivity index (χ0v) is 11.8. The van der Waals surface area contributed by atoms with E-state index in [1.165, 1.54) is 12.1 Å². The van der Waals surface area contributed by atoms with E-state index in [9.17, 15) is 8.42 Å². The predicted molar refractivity (Wildman–Crippen MR) is 74.1 cm³/mol. The van der Waals surface area contributed by atoms with Gasteiger partial charge in [-0.25, -0.2) is 13.1 Å². The molecule has 0 unspecified atom stereocenters. The fraction of sp³-hybridized carbons (Fsp3) is 0.462. The van der Waals surface area contributed by atoms with Crippen molar-refractivity contribution in [3.8, 4) is 6.07 Å². The van der Waals surface area contributed by atoms with Crippen molar-refractivity contribution in [2.24, 2.45) is 0 Å². The Labute approximate surface area is 114 Å². The Kier molecular flexibility index (Phi) is 6.50. The highest BCUT2D eigenvalue weighted by Gasteiger charge is 2.12. The summed E-state index contributed by atoms with van der Waals surface area (Å²) in [4.78, 5) is 0.234. The Morgan fingerprint density at radius 1 is 1.21 bits per heavy atom. The maximum absolute atomic E-state index is 11.9. The van der Waals surface area contributed by atoms with Crippen molar-refractivity contribution in [2.75, 3.05) is 19.6 Å². The van der Waals surface area contributed by atoms with Crippen molar-refractivity contribution < 1.29 is 8.42 Å². The van der Waals surface area contributed by atoms with Crippen molar-refractivity contribution in [3.05, 3.63) is 29.8 Å². The van der Waals surface area contributed by atoms with Crippen molar-refractivity contribution in [1.29, 1.82) is 5.26 Å². The quantitative estimate of drug-likeness (QED) is 0.697. The molecule has 0 aliphatic heterocycles. The van der Waals surface area contributed by atoms with Gasteiger partial charge in [0.05, 0.1) is 17.4 Å². The third kappa shape index (κ3) is 5.39. The van der Waals surface area contributed by atoms with Gasteiger partial charge >= 0.3 is 0 Å². The number of nitrogens with one attached hydrogen (secondary N) is 2. The lowest BCUT2D eigenvalue weighted by Gasteiger charge is -2.07. The number of nitriles is 1. The summed E-state index contributed by atoms with van der Waals surface area (Å²) in [6.07, 6.45) is 1.04. The van der Waals surface area contributed by atoms with E-state index in [2.05, 4.69) is 10.0 Å². The molecule has 1 aromatic rings. The van der Waals surface area contributed by atoms with Crippen LogP contribution in [-0.4, -0.2) is 28.1 Å². The Morgan fingerprint density at radius 3 is 2.47 bits per heavy atom. The molecule has 1 aromatic carbocycles. The average molecular weight is 281 g/mol. The van der Waals surface area contributed by atoms with Gasteiger partial charge in [0.15, 0.2) is 0 Å². The normalized spacial score (nSPS) is 11.2. The molecule has 0 saturated heterocycles. The van der Waals surface area contributed by atoms with Gasteiger partial charge in [0.2, 0.25) is 10.0 Å². The third-order valence-corrected chi connectivity index (χ3v) is 4.07.